The summed E-state index contributed by atoms with van der Waals surface area (Å²) in [6, 6.07) is 4.82. The van der Waals surface area contributed by atoms with Gasteiger partial charge in [0.1, 0.15) is 0 Å². The average molecular weight is 562 g/mol. The van der Waals surface area contributed by atoms with Gasteiger partial charge in [-0.3, -0.25) is 14.3 Å². The van der Waals surface area contributed by atoms with Crippen LogP contribution >= 0.6 is 11.6 Å². The van der Waals surface area contributed by atoms with E-state index in [0.717, 1.165) is 38.5 Å². The first-order chi connectivity index (χ1) is 18.4. The molecule has 13 heteroatoms. The normalized spacial score (nSPS) is 24.3. The number of benzene rings is 1. The van der Waals surface area contributed by atoms with E-state index in [9.17, 15) is 22.8 Å². The number of nitrogens with zero attached hydrogens (tertiary/aromatic N) is 4. The van der Waals surface area contributed by atoms with Crippen molar-refractivity contribution in [2.75, 3.05) is 5.32 Å². The maximum absolute atomic E-state index is 13.7. The van der Waals surface area contributed by atoms with Gasteiger partial charge in [-0.05, 0) is 62.1 Å². The second kappa shape index (κ2) is 9.09. The number of hydrogen-bond donors (Lipinski definition) is 3. The minimum absolute atomic E-state index is 0.0438. The number of anilines is 1. The van der Waals surface area contributed by atoms with Crippen LogP contribution in [0, 0.1) is 5.41 Å². The van der Waals surface area contributed by atoms with Crippen LogP contribution in [0.3, 0.4) is 0 Å². The van der Waals surface area contributed by atoms with Gasteiger partial charge >= 0.3 is 6.18 Å². The Kier molecular flexibility index (Phi) is 6.03. The van der Waals surface area contributed by atoms with E-state index >= 15 is 0 Å². The first-order valence-electron chi connectivity index (χ1n) is 12.8. The molecular weight excluding hydrogens is 535 g/mol. The molecular formula is C26H27ClF3N7O2. The van der Waals surface area contributed by atoms with Crippen LogP contribution in [0.2, 0.25) is 5.02 Å². The number of imidazole rings is 1. The van der Waals surface area contributed by atoms with Gasteiger partial charge in [0.25, 0.3) is 11.8 Å². The monoisotopic (exact) mass is 561 g/mol. The highest BCUT2D eigenvalue weighted by Crippen LogP contribution is 2.55. The Bertz CT molecular complexity index is 1460. The van der Waals surface area contributed by atoms with Crippen LogP contribution in [-0.2, 0) is 13.2 Å². The number of alkyl halides is 3. The Morgan fingerprint density at radius 2 is 1.87 bits per heavy atom. The number of halogens is 4. The second-order valence-corrected chi connectivity index (χ2v) is 11.4. The zero-order valence-electron chi connectivity index (χ0n) is 21.1. The standard InChI is InChI=1S/C26H27ClF3N7O2/c1-36-20(18-12-37(16-3-4-16)35-21(18)26(28,29)30)11-32-22(36)24(39)33-14-2-5-17(19(27)6-14)23(38)34-15-9-25(10-15)7-13(31)8-25/h2,5-6,11-13,15-16H,3-4,7-10,31H2,1H3,(H,33,39)(H,34,38). The SMILES string of the molecule is Cn1c(-c2cn(C3CC3)nc2C(F)(F)F)cnc1C(=O)Nc1ccc(C(=O)NC2CC3(CC(N)C3)C2)c(Cl)c1. The van der Waals surface area contributed by atoms with E-state index in [4.69, 9.17) is 17.3 Å². The summed E-state index contributed by atoms with van der Waals surface area (Å²) in [5.74, 6) is -1.02. The molecule has 2 amide bonds. The fourth-order valence-electron chi connectivity index (χ4n) is 5.89. The molecule has 0 unspecified atom stereocenters. The molecule has 0 saturated heterocycles. The molecule has 206 valence electrons. The van der Waals surface area contributed by atoms with Crippen molar-refractivity contribution in [1.82, 2.24) is 24.6 Å². The zero-order chi connectivity index (χ0) is 27.7. The van der Waals surface area contributed by atoms with Crippen molar-refractivity contribution < 1.29 is 22.8 Å². The molecule has 3 aliphatic rings. The molecule has 3 saturated carbocycles. The molecule has 6 rings (SSSR count). The molecule has 1 spiro atoms. The molecule has 0 atom stereocenters. The largest absolute Gasteiger partial charge is 0.435 e. The smallest absolute Gasteiger partial charge is 0.349 e. The lowest BCUT2D eigenvalue weighted by molar-refractivity contribution is -0.141. The minimum atomic E-state index is -4.66. The summed E-state index contributed by atoms with van der Waals surface area (Å²) in [5.41, 5.74) is 5.74. The maximum Gasteiger partial charge on any atom is 0.435 e. The van der Waals surface area contributed by atoms with Gasteiger partial charge in [-0.2, -0.15) is 18.3 Å². The van der Waals surface area contributed by atoms with E-state index in [-0.39, 0.29) is 57.1 Å². The van der Waals surface area contributed by atoms with Crippen molar-refractivity contribution in [2.24, 2.45) is 18.2 Å². The molecule has 0 aliphatic heterocycles. The Balaban J connectivity index is 1.14. The Hall–Kier alpha value is -3.38. The van der Waals surface area contributed by atoms with Gasteiger partial charge in [0, 0.05) is 31.0 Å². The van der Waals surface area contributed by atoms with Gasteiger partial charge in [0.15, 0.2) is 11.5 Å². The number of rotatable bonds is 6. The van der Waals surface area contributed by atoms with Crippen molar-refractivity contribution >= 4 is 29.1 Å². The highest BCUT2D eigenvalue weighted by atomic mass is 35.5. The molecule has 0 bridgehead atoms. The summed E-state index contributed by atoms with van der Waals surface area (Å²) < 4.78 is 43.6. The van der Waals surface area contributed by atoms with Crippen molar-refractivity contribution in [2.45, 2.75) is 62.8 Å². The third-order valence-corrected chi connectivity index (χ3v) is 8.26. The number of carbonyl (C=O) groups excluding carboxylic acids is 2. The summed E-state index contributed by atoms with van der Waals surface area (Å²) >= 11 is 6.36. The van der Waals surface area contributed by atoms with Crippen molar-refractivity contribution in [1.29, 1.82) is 0 Å². The predicted molar refractivity (Wildman–Crippen MR) is 137 cm³/mol. The molecule has 0 radical (unpaired) electrons. The molecule has 2 aromatic heterocycles. The van der Waals surface area contributed by atoms with Crippen molar-refractivity contribution in [3.8, 4) is 11.3 Å². The van der Waals surface area contributed by atoms with Gasteiger partial charge in [-0.15, -0.1) is 0 Å². The Morgan fingerprint density at radius 3 is 2.49 bits per heavy atom. The van der Waals surface area contributed by atoms with E-state index < -0.39 is 17.8 Å². The fraction of sp³-hybridized carbons (Fsp3) is 0.462. The van der Waals surface area contributed by atoms with E-state index in [1.54, 1.807) is 0 Å². The number of hydrogen-bond acceptors (Lipinski definition) is 5. The van der Waals surface area contributed by atoms with Crippen LogP contribution in [0.1, 0.15) is 71.2 Å². The summed E-state index contributed by atoms with van der Waals surface area (Å²) in [5, 5.41) is 9.57. The molecule has 3 aromatic rings. The number of carbonyl (C=O) groups is 2. The van der Waals surface area contributed by atoms with Crippen LogP contribution in [-0.4, -0.2) is 43.2 Å². The summed E-state index contributed by atoms with van der Waals surface area (Å²) in [6.07, 6.45) is 3.30. The fourth-order valence-corrected chi connectivity index (χ4v) is 6.15. The lowest BCUT2D eigenvalue weighted by atomic mass is 9.52. The number of nitrogens with two attached hydrogens (primary N) is 1. The van der Waals surface area contributed by atoms with Gasteiger partial charge in [-0.1, -0.05) is 11.6 Å². The Labute approximate surface area is 226 Å². The van der Waals surface area contributed by atoms with Gasteiger partial charge in [0.05, 0.1) is 34.1 Å². The van der Waals surface area contributed by atoms with Crippen LogP contribution in [0.4, 0.5) is 18.9 Å². The van der Waals surface area contributed by atoms with Crippen molar-refractivity contribution in [3.05, 3.63) is 52.7 Å². The van der Waals surface area contributed by atoms with E-state index in [1.807, 2.05) is 0 Å². The maximum atomic E-state index is 13.7. The van der Waals surface area contributed by atoms with Crippen LogP contribution in [0.25, 0.3) is 11.3 Å². The Morgan fingerprint density at radius 1 is 1.15 bits per heavy atom. The topological polar surface area (TPSA) is 120 Å². The highest BCUT2D eigenvalue weighted by molar-refractivity contribution is 6.34. The predicted octanol–water partition coefficient (Wildman–Crippen LogP) is 4.54. The lowest BCUT2D eigenvalue weighted by Gasteiger charge is -2.57. The molecule has 2 heterocycles. The minimum Gasteiger partial charge on any atom is -0.349 e. The molecule has 9 nitrogen and oxygen atoms in total. The molecule has 3 fully saturated rings. The van der Waals surface area contributed by atoms with Gasteiger partial charge < -0.3 is 20.9 Å². The molecule has 4 N–H and O–H groups in total. The highest BCUT2D eigenvalue weighted by Gasteiger charge is 2.52. The quantitative estimate of drug-likeness (QED) is 0.408. The van der Waals surface area contributed by atoms with Crippen LogP contribution in [0.5, 0.6) is 0 Å². The van der Waals surface area contributed by atoms with Crippen LogP contribution < -0.4 is 16.4 Å². The average Bonchev–Trinajstić information content (AvgIpc) is 3.44. The number of nitrogens with one attached hydrogen (secondary N) is 2. The van der Waals surface area contributed by atoms with Crippen molar-refractivity contribution in [3.63, 3.8) is 0 Å². The molecule has 39 heavy (non-hydrogen) atoms. The second-order valence-electron chi connectivity index (χ2n) is 11.0. The number of aromatic nitrogens is 4. The zero-order valence-corrected chi connectivity index (χ0v) is 21.8. The summed E-state index contributed by atoms with van der Waals surface area (Å²) in [4.78, 5) is 29.7. The summed E-state index contributed by atoms with van der Waals surface area (Å²) in [6.45, 7) is 0. The number of amides is 2. The van der Waals surface area contributed by atoms with Crippen LogP contribution in [0.15, 0.2) is 30.6 Å². The summed E-state index contributed by atoms with van der Waals surface area (Å²) in [7, 11) is 1.47. The van der Waals surface area contributed by atoms with E-state index in [0.29, 0.717) is 5.69 Å². The first-order valence-corrected chi connectivity index (χ1v) is 13.2. The van der Waals surface area contributed by atoms with E-state index in [2.05, 4.69) is 20.7 Å². The lowest BCUT2D eigenvalue weighted by Crippen LogP contribution is -2.59. The van der Waals surface area contributed by atoms with E-state index in [1.165, 1.54) is 46.9 Å². The first kappa shape index (κ1) is 25.9. The third-order valence-electron chi connectivity index (χ3n) is 7.94. The third kappa shape index (κ3) is 4.80. The molecule has 3 aliphatic carbocycles. The molecule has 1 aromatic carbocycles. The van der Waals surface area contributed by atoms with Gasteiger partial charge in [0.2, 0.25) is 0 Å². The van der Waals surface area contributed by atoms with Gasteiger partial charge in [-0.25, -0.2) is 4.98 Å².